The maximum absolute atomic E-state index is 12.0. The molecule has 6 nitrogen and oxygen atoms in total. The Morgan fingerprint density at radius 3 is 2.46 bits per heavy atom. The lowest BCUT2D eigenvalue weighted by molar-refractivity contribution is -0.147. The predicted octanol–water partition coefficient (Wildman–Crippen LogP) is 3.10. The topological polar surface area (TPSA) is 88.5 Å². The van der Waals surface area contributed by atoms with Crippen LogP contribution in [0.4, 0.5) is 0 Å². The number of hydrogen-bond acceptors (Lipinski definition) is 4. The minimum atomic E-state index is -0.888. The molecule has 0 aliphatic carbocycles. The predicted molar refractivity (Wildman–Crippen MR) is 89.1 cm³/mol. The maximum atomic E-state index is 12.0. The van der Waals surface area contributed by atoms with Crippen molar-refractivity contribution >= 4 is 11.9 Å². The molecular formula is C18H20N2O4. The smallest absolute Gasteiger partial charge is 0.309 e. The zero-order chi connectivity index (χ0) is 17.6. The van der Waals surface area contributed by atoms with Crippen molar-refractivity contribution in [2.24, 2.45) is 5.41 Å². The van der Waals surface area contributed by atoms with E-state index in [1.807, 2.05) is 30.3 Å². The number of rotatable bonds is 7. The first-order chi connectivity index (χ1) is 11.4. The molecule has 1 aromatic heterocycles. The number of carbonyl (C=O) groups is 2. The summed E-state index contributed by atoms with van der Waals surface area (Å²) >= 11 is 0. The van der Waals surface area contributed by atoms with Crippen LogP contribution in [-0.2, 0) is 4.79 Å². The van der Waals surface area contributed by atoms with Gasteiger partial charge < -0.3 is 15.2 Å². The number of carboxylic acids is 1. The van der Waals surface area contributed by atoms with Crippen LogP contribution < -0.4 is 10.1 Å². The number of benzene rings is 1. The Morgan fingerprint density at radius 1 is 1.17 bits per heavy atom. The van der Waals surface area contributed by atoms with Crippen LogP contribution in [0.25, 0.3) is 0 Å². The number of carbonyl (C=O) groups excluding carboxylic acids is 1. The van der Waals surface area contributed by atoms with E-state index in [1.165, 1.54) is 6.20 Å². The molecule has 0 spiro atoms. The standard InChI is InChI=1S/C18H20N2O4/c1-18(2,17(22)23)10-11-19-16(21)13-8-9-15(20-12-13)24-14-6-4-3-5-7-14/h3-9,12H,10-11H2,1-2H3,(H,19,21)(H,22,23). The van der Waals surface area contributed by atoms with Gasteiger partial charge in [0.15, 0.2) is 0 Å². The number of amides is 1. The third-order valence-electron chi connectivity index (χ3n) is 3.58. The summed E-state index contributed by atoms with van der Waals surface area (Å²) in [5, 5.41) is 11.7. The average Bonchev–Trinajstić information content (AvgIpc) is 2.56. The van der Waals surface area contributed by atoms with Crippen LogP contribution >= 0.6 is 0 Å². The molecule has 0 bridgehead atoms. The number of ether oxygens (including phenoxy) is 1. The van der Waals surface area contributed by atoms with Crippen molar-refractivity contribution in [3.05, 3.63) is 54.2 Å². The highest BCUT2D eigenvalue weighted by molar-refractivity contribution is 5.93. The van der Waals surface area contributed by atoms with Crippen LogP contribution in [0, 0.1) is 5.41 Å². The number of para-hydroxylation sites is 1. The van der Waals surface area contributed by atoms with Gasteiger partial charge in [0.1, 0.15) is 5.75 Å². The fraction of sp³-hybridized carbons (Fsp3) is 0.278. The largest absolute Gasteiger partial charge is 0.481 e. The maximum Gasteiger partial charge on any atom is 0.309 e. The zero-order valence-electron chi connectivity index (χ0n) is 13.7. The summed E-state index contributed by atoms with van der Waals surface area (Å²) in [6, 6.07) is 12.5. The number of carboxylic acid groups (broad SMARTS) is 1. The van der Waals surface area contributed by atoms with Gasteiger partial charge in [0.25, 0.3) is 5.91 Å². The van der Waals surface area contributed by atoms with Crippen molar-refractivity contribution in [2.45, 2.75) is 20.3 Å². The van der Waals surface area contributed by atoms with Gasteiger partial charge >= 0.3 is 5.97 Å². The van der Waals surface area contributed by atoms with E-state index >= 15 is 0 Å². The molecule has 0 radical (unpaired) electrons. The number of aliphatic carboxylic acids is 1. The molecule has 0 aliphatic rings. The molecule has 1 amide bonds. The molecule has 6 heteroatoms. The molecule has 0 saturated heterocycles. The van der Waals surface area contributed by atoms with Crippen molar-refractivity contribution in [3.8, 4) is 11.6 Å². The van der Waals surface area contributed by atoms with Crippen molar-refractivity contribution in [3.63, 3.8) is 0 Å². The Kier molecular flexibility index (Phi) is 5.52. The highest BCUT2D eigenvalue weighted by Gasteiger charge is 2.26. The van der Waals surface area contributed by atoms with Gasteiger partial charge in [0.2, 0.25) is 5.88 Å². The molecule has 0 unspecified atom stereocenters. The fourth-order valence-electron chi connectivity index (χ4n) is 1.88. The van der Waals surface area contributed by atoms with Gasteiger partial charge in [-0.1, -0.05) is 18.2 Å². The number of nitrogens with one attached hydrogen (secondary N) is 1. The van der Waals surface area contributed by atoms with Gasteiger partial charge in [-0.3, -0.25) is 9.59 Å². The zero-order valence-corrected chi connectivity index (χ0v) is 13.7. The van der Waals surface area contributed by atoms with E-state index < -0.39 is 11.4 Å². The highest BCUT2D eigenvalue weighted by Crippen LogP contribution is 2.20. The second-order valence-electron chi connectivity index (χ2n) is 6.00. The third-order valence-corrected chi connectivity index (χ3v) is 3.58. The molecule has 0 aliphatic heterocycles. The lowest BCUT2D eigenvalue weighted by Gasteiger charge is -2.18. The first kappa shape index (κ1) is 17.5. The second kappa shape index (κ2) is 7.59. The molecule has 2 rings (SSSR count). The van der Waals surface area contributed by atoms with E-state index in [2.05, 4.69) is 10.3 Å². The highest BCUT2D eigenvalue weighted by atomic mass is 16.5. The molecule has 0 fully saturated rings. The van der Waals surface area contributed by atoms with Crippen LogP contribution in [0.15, 0.2) is 48.7 Å². The number of hydrogen-bond donors (Lipinski definition) is 2. The van der Waals surface area contributed by atoms with Gasteiger partial charge in [-0.2, -0.15) is 0 Å². The Balaban J connectivity index is 1.88. The summed E-state index contributed by atoms with van der Waals surface area (Å²) in [7, 11) is 0. The number of aromatic nitrogens is 1. The Morgan fingerprint density at radius 2 is 1.88 bits per heavy atom. The van der Waals surface area contributed by atoms with Gasteiger partial charge in [-0.05, 0) is 38.5 Å². The number of nitrogens with zero attached hydrogens (tertiary/aromatic N) is 1. The Hall–Kier alpha value is -2.89. The monoisotopic (exact) mass is 328 g/mol. The van der Waals surface area contributed by atoms with E-state index in [-0.39, 0.29) is 12.5 Å². The SMILES string of the molecule is CC(C)(CCNC(=O)c1ccc(Oc2ccccc2)nc1)C(=O)O. The quantitative estimate of drug-likeness (QED) is 0.815. The van der Waals surface area contributed by atoms with Crippen LogP contribution in [-0.4, -0.2) is 28.5 Å². The van der Waals surface area contributed by atoms with E-state index in [0.29, 0.717) is 23.6 Å². The van der Waals surface area contributed by atoms with Gasteiger partial charge in [-0.15, -0.1) is 0 Å². The van der Waals surface area contributed by atoms with E-state index in [1.54, 1.807) is 26.0 Å². The summed E-state index contributed by atoms with van der Waals surface area (Å²) in [5.41, 5.74) is -0.484. The van der Waals surface area contributed by atoms with Crippen LogP contribution in [0.2, 0.25) is 0 Å². The summed E-state index contributed by atoms with van der Waals surface area (Å²) in [5.74, 6) is -0.126. The minimum absolute atomic E-state index is 0.278. The molecule has 126 valence electrons. The van der Waals surface area contributed by atoms with Gasteiger partial charge in [0.05, 0.1) is 11.0 Å². The number of pyridine rings is 1. The van der Waals surface area contributed by atoms with Crippen LogP contribution in [0.3, 0.4) is 0 Å². The van der Waals surface area contributed by atoms with E-state index in [9.17, 15) is 9.59 Å². The van der Waals surface area contributed by atoms with Crippen molar-refractivity contribution in [2.75, 3.05) is 6.54 Å². The fourth-order valence-corrected chi connectivity index (χ4v) is 1.88. The van der Waals surface area contributed by atoms with Crippen molar-refractivity contribution in [1.29, 1.82) is 0 Å². The van der Waals surface area contributed by atoms with Crippen LogP contribution in [0.5, 0.6) is 11.6 Å². The first-order valence-electron chi connectivity index (χ1n) is 7.59. The molecule has 1 heterocycles. The molecule has 24 heavy (non-hydrogen) atoms. The molecule has 0 atom stereocenters. The summed E-state index contributed by atoms with van der Waals surface area (Å²) in [4.78, 5) is 27.2. The van der Waals surface area contributed by atoms with Gasteiger partial charge in [-0.25, -0.2) is 4.98 Å². The second-order valence-corrected chi connectivity index (χ2v) is 6.00. The molecule has 2 aromatic rings. The summed E-state index contributed by atoms with van der Waals surface area (Å²) < 4.78 is 5.56. The Labute approximate surface area is 140 Å². The lowest BCUT2D eigenvalue weighted by Crippen LogP contribution is -2.31. The lowest BCUT2D eigenvalue weighted by atomic mass is 9.90. The van der Waals surface area contributed by atoms with Crippen molar-refractivity contribution in [1.82, 2.24) is 10.3 Å². The normalized spacial score (nSPS) is 10.9. The molecule has 2 N–H and O–H groups in total. The molecule has 0 saturated carbocycles. The van der Waals surface area contributed by atoms with Crippen LogP contribution in [0.1, 0.15) is 30.6 Å². The summed E-state index contributed by atoms with van der Waals surface area (Å²) in [6.07, 6.45) is 1.77. The van der Waals surface area contributed by atoms with Crippen molar-refractivity contribution < 1.29 is 19.4 Å². The average molecular weight is 328 g/mol. The van der Waals surface area contributed by atoms with E-state index in [4.69, 9.17) is 9.84 Å². The Bertz CT molecular complexity index is 697. The molecular weight excluding hydrogens is 308 g/mol. The summed E-state index contributed by atoms with van der Waals surface area (Å²) in [6.45, 7) is 3.53. The minimum Gasteiger partial charge on any atom is -0.481 e. The van der Waals surface area contributed by atoms with E-state index in [0.717, 1.165) is 0 Å². The third kappa shape index (κ3) is 4.81. The van der Waals surface area contributed by atoms with Gasteiger partial charge in [0, 0.05) is 18.8 Å². The first-order valence-corrected chi connectivity index (χ1v) is 7.59. The molecule has 1 aromatic carbocycles.